The van der Waals surface area contributed by atoms with Crippen molar-refractivity contribution >= 4 is 45.6 Å². The Morgan fingerprint density at radius 3 is 2.90 bits per heavy atom. The summed E-state index contributed by atoms with van der Waals surface area (Å²) in [6, 6.07) is 5.77. The highest BCUT2D eigenvalue weighted by Crippen LogP contribution is 2.24. The number of aryl methyl sites for hydroxylation is 2. The molecule has 0 aliphatic heterocycles. The van der Waals surface area contributed by atoms with Crippen molar-refractivity contribution in [2.75, 3.05) is 5.88 Å². The second-order valence-electron chi connectivity index (χ2n) is 4.55. The molecule has 0 amide bonds. The number of imidazole rings is 1. The quantitative estimate of drug-likeness (QED) is 0.670. The molecule has 2 heterocycles. The van der Waals surface area contributed by atoms with Gasteiger partial charge in [-0.1, -0.05) is 11.6 Å². The molecule has 3 nitrogen and oxygen atoms in total. The molecule has 0 unspecified atom stereocenters. The first-order valence-corrected chi connectivity index (χ1v) is 8.08. The van der Waals surface area contributed by atoms with E-state index in [1.54, 1.807) is 11.3 Å². The number of thiazole rings is 1. The van der Waals surface area contributed by atoms with Crippen LogP contribution in [0.4, 0.5) is 0 Å². The van der Waals surface area contributed by atoms with Crippen molar-refractivity contribution in [3.8, 4) is 0 Å². The zero-order chi connectivity index (χ0) is 14.1. The van der Waals surface area contributed by atoms with Crippen LogP contribution in [0, 0.1) is 6.92 Å². The molecule has 0 saturated carbocycles. The minimum atomic E-state index is 0.554. The number of aromatic nitrogens is 3. The van der Waals surface area contributed by atoms with E-state index < -0.39 is 0 Å². The van der Waals surface area contributed by atoms with Gasteiger partial charge in [0.1, 0.15) is 5.82 Å². The summed E-state index contributed by atoms with van der Waals surface area (Å²) in [5, 5.41) is 0.720. The van der Waals surface area contributed by atoms with Crippen molar-refractivity contribution in [2.45, 2.75) is 19.9 Å². The number of nitrogens with zero attached hydrogens (tertiary/aromatic N) is 3. The molecule has 3 rings (SSSR count). The van der Waals surface area contributed by atoms with Crippen LogP contribution in [-0.2, 0) is 13.0 Å². The Balaban J connectivity index is 2.12. The van der Waals surface area contributed by atoms with Crippen LogP contribution in [0.15, 0.2) is 23.7 Å². The van der Waals surface area contributed by atoms with E-state index in [2.05, 4.69) is 14.5 Å². The number of halogens is 2. The predicted molar refractivity (Wildman–Crippen MR) is 85.1 cm³/mol. The lowest BCUT2D eigenvalue weighted by atomic mass is 10.3. The predicted octanol–water partition coefficient (Wildman–Crippen LogP) is 4.28. The highest BCUT2D eigenvalue weighted by molar-refractivity contribution is 7.09. The van der Waals surface area contributed by atoms with E-state index in [-0.39, 0.29) is 0 Å². The average Bonchev–Trinajstić information content (AvgIpc) is 2.96. The Morgan fingerprint density at radius 2 is 2.20 bits per heavy atom. The zero-order valence-electron chi connectivity index (χ0n) is 10.9. The van der Waals surface area contributed by atoms with Crippen molar-refractivity contribution < 1.29 is 0 Å². The maximum atomic E-state index is 6.11. The number of hydrogen-bond donors (Lipinski definition) is 0. The van der Waals surface area contributed by atoms with E-state index in [0.29, 0.717) is 5.88 Å². The lowest BCUT2D eigenvalue weighted by Gasteiger charge is -2.07. The normalized spacial score (nSPS) is 11.3. The Kier molecular flexibility index (Phi) is 3.96. The van der Waals surface area contributed by atoms with E-state index in [9.17, 15) is 0 Å². The third-order valence-corrected chi connectivity index (χ3v) is 4.60. The van der Waals surface area contributed by atoms with Gasteiger partial charge < -0.3 is 4.57 Å². The van der Waals surface area contributed by atoms with Gasteiger partial charge in [-0.25, -0.2) is 9.97 Å². The van der Waals surface area contributed by atoms with Gasteiger partial charge in [0, 0.05) is 22.2 Å². The van der Waals surface area contributed by atoms with Crippen LogP contribution in [-0.4, -0.2) is 20.4 Å². The fourth-order valence-electron chi connectivity index (χ4n) is 2.22. The Morgan fingerprint density at radius 1 is 1.35 bits per heavy atom. The zero-order valence-corrected chi connectivity index (χ0v) is 13.3. The molecule has 20 heavy (non-hydrogen) atoms. The molecule has 2 aromatic heterocycles. The SMILES string of the molecule is Cc1ncsc1Cn1c(CCCl)nc2ccc(Cl)cc21. The lowest BCUT2D eigenvalue weighted by molar-refractivity contribution is 0.758. The molecule has 0 bridgehead atoms. The monoisotopic (exact) mass is 325 g/mol. The highest BCUT2D eigenvalue weighted by Gasteiger charge is 2.13. The lowest BCUT2D eigenvalue weighted by Crippen LogP contribution is -2.05. The van der Waals surface area contributed by atoms with Gasteiger partial charge in [-0.3, -0.25) is 0 Å². The number of rotatable bonds is 4. The van der Waals surface area contributed by atoms with Gasteiger partial charge in [-0.2, -0.15) is 0 Å². The smallest absolute Gasteiger partial charge is 0.111 e. The molecule has 0 spiro atoms. The second-order valence-corrected chi connectivity index (χ2v) is 6.30. The van der Waals surface area contributed by atoms with Gasteiger partial charge in [0.05, 0.1) is 28.8 Å². The molecule has 0 N–H and O–H groups in total. The van der Waals surface area contributed by atoms with Gasteiger partial charge in [0.15, 0.2) is 0 Å². The van der Waals surface area contributed by atoms with Gasteiger partial charge in [0.2, 0.25) is 0 Å². The minimum absolute atomic E-state index is 0.554. The van der Waals surface area contributed by atoms with Crippen molar-refractivity contribution in [2.24, 2.45) is 0 Å². The van der Waals surface area contributed by atoms with Gasteiger partial charge in [-0.15, -0.1) is 22.9 Å². The summed E-state index contributed by atoms with van der Waals surface area (Å²) >= 11 is 13.7. The van der Waals surface area contributed by atoms with Crippen LogP contribution in [0.3, 0.4) is 0 Å². The molecule has 0 fully saturated rings. The summed E-state index contributed by atoms with van der Waals surface area (Å²) in [5.74, 6) is 1.55. The van der Waals surface area contributed by atoms with Gasteiger partial charge in [-0.05, 0) is 25.1 Å². The number of hydrogen-bond acceptors (Lipinski definition) is 3. The first kappa shape index (κ1) is 13.9. The molecule has 0 atom stereocenters. The van der Waals surface area contributed by atoms with Crippen molar-refractivity contribution in [1.82, 2.24) is 14.5 Å². The fraction of sp³-hybridized carbons (Fsp3) is 0.286. The Bertz CT molecular complexity index is 748. The largest absolute Gasteiger partial charge is 0.323 e. The molecular formula is C14H13Cl2N3S. The molecule has 0 radical (unpaired) electrons. The fourth-order valence-corrected chi connectivity index (χ4v) is 3.32. The maximum Gasteiger partial charge on any atom is 0.111 e. The third-order valence-electron chi connectivity index (χ3n) is 3.25. The molecule has 6 heteroatoms. The molecule has 0 aliphatic rings. The molecule has 1 aromatic carbocycles. The van der Waals surface area contributed by atoms with E-state index in [0.717, 1.165) is 40.5 Å². The summed E-state index contributed by atoms with van der Waals surface area (Å²) in [6.07, 6.45) is 0.742. The molecule has 0 saturated heterocycles. The van der Waals surface area contributed by atoms with Crippen LogP contribution >= 0.6 is 34.5 Å². The van der Waals surface area contributed by atoms with Crippen molar-refractivity contribution in [3.63, 3.8) is 0 Å². The van der Waals surface area contributed by atoms with Crippen LogP contribution in [0.1, 0.15) is 16.4 Å². The van der Waals surface area contributed by atoms with Gasteiger partial charge in [0.25, 0.3) is 0 Å². The van der Waals surface area contributed by atoms with Crippen LogP contribution in [0.2, 0.25) is 5.02 Å². The van der Waals surface area contributed by atoms with E-state index in [4.69, 9.17) is 23.2 Å². The first-order valence-electron chi connectivity index (χ1n) is 6.28. The van der Waals surface area contributed by atoms with Crippen LogP contribution < -0.4 is 0 Å². The summed E-state index contributed by atoms with van der Waals surface area (Å²) in [7, 11) is 0. The number of fused-ring (bicyclic) bond motifs is 1. The van der Waals surface area contributed by atoms with Crippen molar-refractivity contribution in [1.29, 1.82) is 0 Å². The molecule has 3 aromatic rings. The maximum absolute atomic E-state index is 6.11. The summed E-state index contributed by atoms with van der Waals surface area (Å²) in [6.45, 7) is 2.79. The third kappa shape index (κ3) is 2.55. The van der Waals surface area contributed by atoms with E-state index >= 15 is 0 Å². The second kappa shape index (κ2) is 5.72. The number of benzene rings is 1. The van der Waals surface area contributed by atoms with E-state index in [1.165, 1.54) is 4.88 Å². The Labute approximate surface area is 131 Å². The minimum Gasteiger partial charge on any atom is -0.323 e. The standard InChI is InChI=1S/C14H13Cl2N3S/c1-9-13(20-8-17-9)7-19-12-6-10(16)2-3-11(12)18-14(19)4-5-15/h2-3,6,8H,4-5,7H2,1H3. The Hall–Kier alpha value is -1.10. The summed E-state index contributed by atoms with van der Waals surface area (Å²) in [5.41, 5.74) is 4.94. The first-order chi connectivity index (χ1) is 9.69. The summed E-state index contributed by atoms with van der Waals surface area (Å²) in [4.78, 5) is 10.2. The van der Waals surface area contributed by atoms with Gasteiger partial charge >= 0.3 is 0 Å². The van der Waals surface area contributed by atoms with Crippen LogP contribution in [0.25, 0.3) is 11.0 Å². The number of alkyl halides is 1. The van der Waals surface area contributed by atoms with Crippen LogP contribution in [0.5, 0.6) is 0 Å². The van der Waals surface area contributed by atoms with Crippen molar-refractivity contribution in [3.05, 3.63) is 45.1 Å². The molecule has 104 valence electrons. The van der Waals surface area contributed by atoms with E-state index in [1.807, 2.05) is 30.6 Å². The molecular weight excluding hydrogens is 313 g/mol. The average molecular weight is 326 g/mol. The summed E-state index contributed by atoms with van der Waals surface area (Å²) < 4.78 is 2.18. The highest BCUT2D eigenvalue weighted by atomic mass is 35.5. The molecule has 0 aliphatic carbocycles. The topological polar surface area (TPSA) is 30.7 Å².